The molecule has 0 spiro atoms. The van der Waals surface area contributed by atoms with Crippen molar-refractivity contribution < 1.29 is 4.79 Å². The Balaban J connectivity index is 3.75. The predicted octanol–water partition coefficient (Wildman–Crippen LogP) is 5.44. The number of benzene rings is 1. The molecule has 1 aromatic rings. The van der Waals surface area contributed by atoms with Crippen LogP contribution in [0.4, 0.5) is 5.69 Å². The van der Waals surface area contributed by atoms with Crippen LogP contribution in [0.15, 0.2) is 6.07 Å². The minimum atomic E-state index is -0.0660. The molecule has 2 nitrogen and oxygen atoms in total. The fourth-order valence-corrected chi connectivity index (χ4v) is 3.06. The van der Waals surface area contributed by atoms with E-state index >= 15 is 0 Å². The number of aryl methyl sites for hydroxylation is 1. The van der Waals surface area contributed by atoms with Crippen LogP contribution in [0.5, 0.6) is 0 Å². The average Bonchev–Trinajstić information content (AvgIpc) is 2.32. The minimum Gasteiger partial charge on any atom is -0.298 e. The van der Waals surface area contributed by atoms with E-state index in [1.54, 1.807) is 4.90 Å². The molecule has 1 rings (SSSR count). The fraction of sp³-hybridized carbons (Fsp3) is 0.562. The van der Waals surface area contributed by atoms with Crippen LogP contribution in [0.25, 0.3) is 0 Å². The molecule has 0 unspecified atom stereocenters. The maximum atomic E-state index is 11.9. The highest BCUT2D eigenvalue weighted by Gasteiger charge is 2.25. The van der Waals surface area contributed by atoms with Crippen molar-refractivity contribution in [1.29, 1.82) is 0 Å². The van der Waals surface area contributed by atoms with Gasteiger partial charge in [-0.15, -0.1) is 11.6 Å². The standard InChI is InChI=1S/C16H23Cl2NO/c1-9(2)13-7-11(5)15(18)14(10(3)4)16(13)19(8-17)12(6)20/h7,9-10H,8H2,1-6H3. The lowest BCUT2D eigenvalue weighted by Gasteiger charge is -2.29. The molecule has 0 fully saturated rings. The van der Waals surface area contributed by atoms with Gasteiger partial charge >= 0.3 is 0 Å². The molecule has 0 radical (unpaired) electrons. The van der Waals surface area contributed by atoms with Gasteiger partial charge in [0.05, 0.1) is 5.69 Å². The van der Waals surface area contributed by atoms with Crippen LogP contribution in [0.3, 0.4) is 0 Å². The van der Waals surface area contributed by atoms with Gasteiger partial charge in [0.2, 0.25) is 5.91 Å². The summed E-state index contributed by atoms with van der Waals surface area (Å²) < 4.78 is 0. The van der Waals surface area contributed by atoms with Crippen molar-refractivity contribution in [3.63, 3.8) is 0 Å². The molecule has 0 aliphatic heterocycles. The lowest BCUT2D eigenvalue weighted by molar-refractivity contribution is -0.116. The Kier molecular flexibility index (Phi) is 5.91. The lowest BCUT2D eigenvalue weighted by Crippen LogP contribution is -2.29. The van der Waals surface area contributed by atoms with E-state index in [4.69, 9.17) is 23.2 Å². The highest BCUT2D eigenvalue weighted by Crippen LogP contribution is 2.41. The van der Waals surface area contributed by atoms with Crippen molar-refractivity contribution in [2.45, 2.75) is 53.4 Å². The van der Waals surface area contributed by atoms with E-state index in [9.17, 15) is 4.79 Å². The first-order chi connectivity index (χ1) is 9.22. The van der Waals surface area contributed by atoms with Crippen molar-refractivity contribution in [1.82, 2.24) is 0 Å². The summed E-state index contributed by atoms with van der Waals surface area (Å²) in [5, 5.41) is 0.732. The number of alkyl halides is 1. The largest absolute Gasteiger partial charge is 0.298 e. The summed E-state index contributed by atoms with van der Waals surface area (Å²) in [7, 11) is 0. The van der Waals surface area contributed by atoms with Crippen molar-refractivity contribution in [3.8, 4) is 0 Å². The number of hydrogen-bond acceptors (Lipinski definition) is 1. The molecule has 20 heavy (non-hydrogen) atoms. The number of hydrogen-bond donors (Lipinski definition) is 0. The first kappa shape index (κ1) is 17.3. The first-order valence-electron chi connectivity index (χ1n) is 6.89. The summed E-state index contributed by atoms with van der Waals surface area (Å²) in [4.78, 5) is 13.5. The van der Waals surface area contributed by atoms with Crippen LogP contribution in [0.2, 0.25) is 5.02 Å². The Hall–Kier alpha value is -0.730. The van der Waals surface area contributed by atoms with E-state index in [2.05, 4.69) is 33.8 Å². The average molecular weight is 316 g/mol. The zero-order valence-corrected chi connectivity index (χ0v) is 14.6. The Bertz CT molecular complexity index is 510. The summed E-state index contributed by atoms with van der Waals surface area (Å²) in [5.74, 6) is 0.451. The van der Waals surface area contributed by atoms with E-state index in [1.165, 1.54) is 6.92 Å². The van der Waals surface area contributed by atoms with Gasteiger partial charge in [-0.1, -0.05) is 45.4 Å². The Morgan fingerprint density at radius 3 is 2.15 bits per heavy atom. The highest BCUT2D eigenvalue weighted by molar-refractivity contribution is 6.33. The van der Waals surface area contributed by atoms with Crippen LogP contribution >= 0.6 is 23.2 Å². The topological polar surface area (TPSA) is 20.3 Å². The van der Waals surface area contributed by atoms with Crippen LogP contribution in [0.1, 0.15) is 63.1 Å². The van der Waals surface area contributed by atoms with Crippen molar-refractivity contribution in [2.24, 2.45) is 0 Å². The molecule has 0 saturated heterocycles. The summed E-state index contributed by atoms with van der Waals surface area (Å²) in [6.45, 7) is 11.9. The van der Waals surface area contributed by atoms with Gasteiger partial charge in [0.25, 0.3) is 0 Å². The molecule has 0 N–H and O–H groups in total. The van der Waals surface area contributed by atoms with Gasteiger partial charge in [-0.05, 0) is 35.4 Å². The smallest absolute Gasteiger partial charge is 0.224 e. The van der Waals surface area contributed by atoms with E-state index in [-0.39, 0.29) is 17.8 Å². The van der Waals surface area contributed by atoms with Gasteiger partial charge in [-0.25, -0.2) is 0 Å². The number of anilines is 1. The summed E-state index contributed by atoms with van der Waals surface area (Å²) in [6.07, 6.45) is 0. The molecule has 1 amide bonds. The van der Waals surface area contributed by atoms with Crippen LogP contribution < -0.4 is 4.90 Å². The van der Waals surface area contributed by atoms with Gasteiger partial charge in [0, 0.05) is 11.9 Å². The molecule has 0 aliphatic rings. The van der Waals surface area contributed by atoms with E-state index in [0.717, 1.165) is 27.4 Å². The van der Waals surface area contributed by atoms with E-state index in [1.807, 2.05) is 6.92 Å². The third kappa shape index (κ3) is 3.29. The number of carbonyl (C=O) groups excluding carboxylic acids is 1. The van der Waals surface area contributed by atoms with Crippen LogP contribution in [-0.2, 0) is 4.79 Å². The monoisotopic (exact) mass is 315 g/mol. The molecule has 0 heterocycles. The van der Waals surface area contributed by atoms with E-state index < -0.39 is 0 Å². The molecule has 112 valence electrons. The zero-order valence-electron chi connectivity index (χ0n) is 13.1. The number of amides is 1. The number of rotatable bonds is 4. The second-order valence-electron chi connectivity index (χ2n) is 5.73. The van der Waals surface area contributed by atoms with Crippen molar-refractivity contribution in [2.75, 3.05) is 10.9 Å². The quantitative estimate of drug-likeness (QED) is 0.534. The van der Waals surface area contributed by atoms with Crippen LogP contribution in [0, 0.1) is 6.92 Å². The van der Waals surface area contributed by atoms with Gasteiger partial charge in [-0.3, -0.25) is 9.69 Å². The second kappa shape index (κ2) is 6.82. The fourth-order valence-electron chi connectivity index (χ4n) is 2.41. The first-order valence-corrected chi connectivity index (χ1v) is 7.80. The van der Waals surface area contributed by atoms with Crippen molar-refractivity contribution >= 4 is 34.8 Å². The van der Waals surface area contributed by atoms with E-state index in [0.29, 0.717) is 5.92 Å². The van der Waals surface area contributed by atoms with Crippen LogP contribution in [-0.4, -0.2) is 11.9 Å². The Morgan fingerprint density at radius 1 is 1.25 bits per heavy atom. The number of carbonyl (C=O) groups is 1. The Morgan fingerprint density at radius 2 is 1.80 bits per heavy atom. The maximum absolute atomic E-state index is 11.9. The predicted molar refractivity (Wildman–Crippen MR) is 88.2 cm³/mol. The normalized spacial score (nSPS) is 11.3. The molecule has 0 aromatic heterocycles. The lowest BCUT2D eigenvalue weighted by atomic mass is 9.89. The SMILES string of the molecule is CC(=O)N(CCl)c1c(C(C)C)cc(C)c(Cl)c1C(C)C. The van der Waals surface area contributed by atoms with Gasteiger partial charge < -0.3 is 0 Å². The molecule has 4 heteroatoms. The summed E-state index contributed by atoms with van der Waals surface area (Å²) in [6, 6.07) is 2.20. The highest BCUT2D eigenvalue weighted by atomic mass is 35.5. The molecule has 0 aliphatic carbocycles. The Labute approximate surface area is 132 Å². The zero-order chi connectivity index (χ0) is 15.6. The number of nitrogens with zero attached hydrogens (tertiary/aromatic N) is 1. The minimum absolute atomic E-state index is 0.0660. The molecular formula is C16H23Cl2NO. The molecule has 0 saturated carbocycles. The van der Waals surface area contributed by atoms with Gasteiger partial charge in [0.1, 0.15) is 6.00 Å². The molecular weight excluding hydrogens is 293 g/mol. The van der Waals surface area contributed by atoms with Gasteiger partial charge in [0.15, 0.2) is 0 Å². The molecule has 0 bridgehead atoms. The van der Waals surface area contributed by atoms with Gasteiger partial charge in [-0.2, -0.15) is 0 Å². The maximum Gasteiger partial charge on any atom is 0.224 e. The summed E-state index contributed by atoms with van der Waals surface area (Å²) >= 11 is 12.5. The molecule has 0 atom stereocenters. The second-order valence-corrected chi connectivity index (χ2v) is 6.35. The third-order valence-electron chi connectivity index (χ3n) is 3.45. The third-order valence-corrected chi connectivity index (χ3v) is 4.19. The molecule has 1 aromatic carbocycles. The van der Waals surface area contributed by atoms with Crippen molar-refractivity contribution in [3.05, 3.63) is 27.8 Å². The number of halogens is 2. The summed E-state index contributed by atoms with van der Waals surface area (Å²) in [5.41, 5.74) is 4.05.